The molecule has 0 unspecified atom stereocenters. The second kappa shape index (κ2) is 6.89. The highest BCUT2D eigenvalue weighted by Gasteiger charge is 2.06. The average Bonchev–Trinajstić information content (AvgIpc) is 2.43. The number of H-pyrrole nitrogens is 1. The number of nitrogens with zero attached hydrogens (tertiary/aromatic N) is 1. The second-order valence-corrected chi connectivity index (χ2v) is 5.19. The number of nitrogens with one attached hydrogen (secondary N) is 1. The topological polar surface area (TPSA) is 92.3 Å². The number of carboxylic acid groups (broad SMARTS) is 1. The lowest BCUT2D eigenvalue weighted by Crippen LogP contribution is -2.18. The fourth-order valence-electron chi connectivity index (χ4n) is 2.12. The lowest BCUT2D eigenvalue weighted by Gasteiger charge is -2.08. The Bertz CT molecular complexity index is 717. The predicted molar refractivity (Wildman–Crippen MR) is 81.1 cm³/mol. The van der Waals surface area contributed by atoms with Gasteiger partial charge in [0.2, 0.25) is 0 Å². The molecule has 0 fully saturated rings. The number of benzene rings is 1. The standard InChI is InChI=1S/C16H18N2O4/c1-10-5-11(2)7-13(6-10)22-9-14-17-8-12(16(21)18-14)3-4-15(19)20/h5-8H,3-4,9H2,1-2H3,(H,19,20)(H,17,18,21). The molecule has 1 aromatic carbocycles. The lowest BCUT2D eigenvalue weighted by molar-refractivity contribution is -0.136. The highest BCUT2D eigenvalue weighted by molar-refractivity contribution is 5.67. The van der Waals surface area contributed by atoms with E-state index in [1.54, 1.807) is 0 Å². The molecule has 22 heavy (non-hydrogen) atoms. The van der Waals surface area contributed by atoms with Gasteiger partial charge < -0.3 is 14.8 Å². The Morgan fingerprint density at radius 2 is 1.95 bits per heavy atom. The summed E-state index contributed by atoms with van der Waals surface area (Å²) in [6.45, 7) is 4.12. The number of aromatic nitrogens is 2. The van der Waals surface area contributed by atoms with Crippen molar-refractivity contribution in [2.24, 2.45) is 0 Å². The van der Waals surface area contributed by atoms with Crippen LogP contribution in [-0.4, -0.2) is 21.0 Å². The molecule has 2 N–H and O–H groups in total. The number of aromatic amines is 1. The number of ether oxygens (including phenoxy) is 1. The number of rotatable bonds is 6. The van der Waals surface area contributed by atoms with Crippen LogP contribution in [0, 0.1) is 13.8 Å². The van der Waals surface area contributed by atoms with Crippen molar-refractivity contribution in [3.63, 3.8) is 0 Å². The molecule has 0 saturated heterocycles. The van der Waals surface area contributed by atoms with Crippen molar-refractivity contribution in [3.8, 4) is 5.75 Å². The molecule has 0 bridgehead atoms. The molecule has 1 aromatic heterocycles. The van der Waals surface area contributed by atoms with Gasteiger partial charge in [-0.2, -0.15) is 0 Å². The van der Waals surface area contributed by atoms with Gasteiger partial charge in [-0.1, -0.05) is 6.07 Å². The van der Waals surface area contributed by atoms with Crippen LogP contribution >= 0.6 is 0 Å². The number of hydrogen-bond donors (Lipinski definition) is 2. The molecule has 0 aliphatic rings. The monoisotopic (exact) mass is 302 g/mol. The van der Waals surface area contributed by atoms with Crippen LogP contribution < -0.4 is 10.3 Å². The summed E-state index contributed by atoms with van der Waals surface area (Å²) in [5.74, 6) is 0.181. The third-order valence-electron chi connectivity index (χ3n) is 3.10. The highest BCUT2D eigenvalue weighted by atomic mass is 16.5. The SMILES string of the molecule is Cc1cc(C)cc(OCc2ncc(CCC(=O)O)c(=O)[nH]2)c1. The maximum Gasteiger partial charge on any atom is 0.303 e. The van der Waals surface area contributed by atoms with Crippen molar-refractivity contribution in [2.75, 3.05) is 0 Å². The van der Waals surface area contributed by atoms with E-state index < -0.39 is 5.97 Å². The quantitative estimate of drug-likeness (QED) is 0.851. The van der Waals surface area contributed by atoms with Crippen molar-refractivity contribution >= 4 is 5.97 Å². The van der Waals surface area contributed by atoms with E-state index in [0.717, 1.165) is 16.9 Å². The summed E-state index contributed by atoms with van der Waals surface area (Å²) in [6, 6.07) is 5.86. The Hall–Kier alpha value is -2.63. The van der Waals surface area contributed by atoms with Crippen LogP contribution in [0.15, 0.2) is 29.2 Å². The van der Waals surface area contributed by atoms with Gasteiger partial charge in [0.15, 0.2) is 0 Å². The molecule has 116 valence electrons. The van der Waals surface area contributed by atoms with Gasteiger partial charge in [-0.3, -0.25) is 9.59 Å². The van der Waals surface area contributed by atoms with E-state index >= 15 is 0 Å². The molecule has 1 heterocycles. The number of aliphatic carboxylic acids is 1. The fraction of sp³-hybridized carbons (Fsp3) is 0.312. The minimum Gasteiger partial charge on any atom is -0.486 e. The number of carboxylic acids is 1. The number of carbonyl (C=O) groups is 1. The van der Waals surface area contributed by atoms with Gasteiger partial charge in [0.05, 0.1) is 0 Å². The molecule has 0 radical (unpaired) electrons. The molecule has 6 heteroatoms. The summed E-state index contributed by atoms with van der Waals surface area (Å²) in [4.78, 5) is 29.1. The summed E-state index contributed by atoms with van der Waals surface area (Å²) in [6.07, 6.45) is 1.47. The largest absolute Gasteiger partial charge is 0.486 e. The average molecular weight is 302 g/mol. The normalized spacial score (nSPS) is 10.5. The third kappa shape index (κ3) is 4.44. The predicted octanol–water partition coefficient (Wildman–Crippen LogP) is 1.98. The van der Waals surface area contributed by atoms with Crippen molar-refractivity contribution < 1.29 is 14.6 Å². The van der Waals surface area contributed by atoms with Crippen LogP contribution in [0.5, 0.6) is 5.75 Å². The van der Waals surface area contributed by atoms with Crippen LogP contribution in [0.2, 0.25) is 0 Å². The van der Waals surface area contributed by atoms with E-state index in [0.29, 0.717) is 11.4 Å². The fourth-order valence-corrected chi connectivity index (χ4v) is 2.12. The van der Waals surface area contributed by atoms with E-state index in [2.05, 4.69) is 9.97 Å². The van der Waals surface area contributed by atoms with Crippen molar-refractivity contribution in [1.29, 1.82) is 0 Å². The Balaban J connectivity index is 2.03. The van der Waals surface area contributed by atoms with Gasteiger partial charge in [-0.25, -0.2) is 4.98 Å². The minimum absolute atomic E-state index is 0.0941. The highest BCUT2D eigenvalue weighted by Crippen LogP contribution is 2.16. The van der Waals surface area contributed by atoms with Gasteiger partial charge in [0.1, 0.15) is 18.2 Å². The molecule has 0 amide bonds. The van der Waals surface area contributed by atoms with E-state index in [1.807, 2.05) is 32.0 Å². The van der Waals surface area contributed by atoms with Gasteiger partial charge in [0, 0.05) is 18.2 Å². The van der Waals surface area contributed by atoms with E-state index in [-0.39, 0.29) is 25.0 Å². The molecule has 0 saturated carbocycles. The second-order valence-electron chi connectivity index (χ2n) is 5.19. The molecular weight excluding hydrogens is 284 g/mol. The van der Waals surface area contributed by atoms with Crippen LogP contribution in [-0.2, 0) is 17.8 Å². The van der Waals surface area contributed by atoms with E-state index in [1.165, 1.54) is 6.20 Å². The summed E-state index contributed by atoms with van der Waals surface area (Å²) >= 11 is 0. The zero-order chi connectivity index (χ0) is 16.1. The first kappa shape index (κ1) is 15.8. The minimum atomic E-state index is -0.943. The zero-order valence-electron chi connectivity index (χ0n) is 12.5. The summed E-state index contributed by atoms with van der Waals surface area (Å²) in [7, 11) is 0. The Labute approximate surface area is 127 Å². The molecule has 0 spiro atoms. The Kier molecular flexibility index (Phi) is 4.93. The maximum absolute atomic E-state index is 11.8. The van der Waals surface area contributed by atoms with E-state index in [4.69, 9.17) is 9.84 Å². The molecule has 6 nitrogen and oxygen atoms in total. The Morgan fingerprint density at radius 1 is 1.27 bits per heavy atom. The smallest absolute Gasteiger partial charge is 0.303 e. The van der Waals surface area contributed by atoms with Crippen molar-refractivity contribution in [2.45, 2.75) is 33.3 Å². The first-order valence-electron chi connectivity index (χ1n) is 6.94. The van der Waals surface area contributed by atoms with Gasteiger partial charge in [0.25, 0.3) is 5.56 Å². The van der Waals surface area contributed by atoms with Gasteiger partial charge in [-0.15, -0.1) is 0 Å². The van der Waals surface area contributed by atoms with Crippen LogP contribution in [0.4, 0.5) is 0 Å². The van der Waals surface area contributed by atoms with Gasteiger partial charge >= 0.3 is 5.97 Å². The van der Waals surface area contributed by atoms with Gasteiger partial charge in [-0.05, 0) is 43.5 Å². The summed E-state index contributed by atoms with van der Waals surface area (Å²) in [5.41, 5.74) is 2.23. The third-order valence-corrected chi connectivity index (χ3v) is 3.10. The molecular formula is C16H18N2O4. The Morgan fingerprint density at radius 3 is 2.55 bits per heavy atom. The number of aryl methyl sites for hydroxylation is 3. The van der Waals surface area contributed by atoms with Crippen molar-refractivity contribution in [3.05, 3.63) is 57.3 Å². The first-order valence-corrected chi connectivity index (χ1v) is 6.94. The zero-order valence-corrected chi connectivity index (χ0v) is 12.5. The van der Waals surface area contributed by atoms with Crippen LogP contribution in [0.1, 0.15) is 28.9 Å². The molecule has 2 aromatic rings. The number of hydrogen-bond acceptors (Lipinski definition) is 4. The van der Waals surface area contributed by atoms with Crippen molar-refractivity contribution in [1.82, 2.24) is 9.97 Å². The first-order chi connectivity index (χ1) is 10.4. The van der Waals surface area contributed by atoms with E-state index in [9.17, 15) is 9.59 Å². The molecule has 0 atom stereocenters. The van der Waals surface area contributed by atoms with Crippen LogP contribution in [0.25, 0.3) is 0 Å². The molecule has 2 rings (SSSR count). The van der Waals surface area contributed by atoms with Crippen LogP contribution in [0.3, 0.4) is 0 Å². The molecule has 0 aliphatic heterocycles. The maximum atomic E-state index is 11.8. The summed E-state index contributed by atoms with van der Waals surface area (Å²) in [5, 5.41) is 8.62. The molecule has 0 aliphatic carbocycles. The lowest BCUT2D eigenvalue weighted by atomic mass is 10.1. The summed E-state index contributed by atoms with van der Waals surface area (Å²) < 4.78 is 5.62.